The van der Waals surface area contributed by atoms with Gasteiger partial charge in [-0.3, -0.25) is 9.59 Å². The number of carbonyl (C=O) groups excluding carboxylic acids is 2. The van der Waals surface area contributed by atoms with Crippen LogP contribution in [0.3, 0.4) is 0 Å². The number of aryl methyl sites for hydroxylation is 1. The zero-order valence-corrected chi connectivity index (χ0v) is 31.1. The summed E-state index contributed by atoms with van der Waals surface area (Å²) in [6.07, 6.45) is 9.32. The predicted octanol–water partition coefficient (Wildman–Crippen LogP) is 7.54. The number of allylic oxidation sites excluding steroid dienone is 1. The fourth-order valence-corrected chi connectivity index (χ4v) is 10.3. The van der Waals surface area contributed by atoms with E-state index < -0.39 is 26.8 Å². The van der Waals surface area contributed by atoms with Gasteiger partial charge in [-0.05, 0) is 105 Å². The van der Waals surface area contributed by atoms with E-state index in [-0.39, 0.29) is 40.9 Å². The van der Waals surface area contributed by atoms with Crippen molar-refractivity contribution in [2.24, 2.45) is 17.8 Å². The highest BCUT2D eigenvalue weighted by Gasteiger charge is 2.50. The molecule has 4 aliphatic rings. The summed E-state index contributed by atoms with van der Waals surface area (Å²) in [5.41, 5.74) is 2.91. The van der Waals surface area contributed by atoms with Crippen molar-refractivity contribution < 1.29 is 27.5 Å². The van der Waals surface area contributed by atoms with Gasteiger partial charge in [0.15, 0.2) is 5.78 Å². The van der Waals surface area contributed by atoms with Gasteiger partial charge in [-0.1, -0.05) is 67.1 Å². The van der Waals surface area contributed by atoms with E-state index in [9.17, 15) is 18.0 Å². The molecule has 3 aromatic carbocycles. The van der Waals surface area contributed by atoms with Crippen molar-refractivity contribution in [3.8, 4) is 5.75 Å². The van der Waals surface area contributed by atoms with Crippen molar-refractivity contribution in [3.63, 3.8) is 0 Å². The van der Waals surface area contributed by atoms with Gasteiger partial charge in [0.1, 0.15) is 5.75 Å². The number of carbonyl (C=O) groups is 2. The average Bonchev–Trinajstić information content (AvgIpc) is 3.25. The number of anilines is 1. The van der Waals surface area contributed by atoms with Crippen LogP contribution in [0.5, 0.6) is 5.75 Å². The lowest BCUT2D eigenvalue weighted by Crippen LogP contribution is -2.53. The van der Waals surface area contributed by atoms with Crippen LogP contribution in [0.25, 0.3) is 0 Å². The monoisotopic (exact) mass is 730 g/mol. The summed E-state index contributed by atoms with van der Waals surface area (Å²) in [5, 5.41) is -0.131. The summed E-state index contributed by atoms with van der Waals surface area (Å²) >= 11 is 6.47. The molecule has 2 aliphatic heterocycles. The van der Waals surface area contributed by atoms with Crippen LogP contribution in [-0.2, 0) is 26.6 Å². The van der Waals surface area contributed by atoms with Gasteiger partial charge in [0.05, 0.1) is 23.1 Å². The lowest BCUT2D eigenvalue weighted by atomic mass is 9.62. The number of sulfonamides is 1. The summed E-state index contributed by atoms with van der Waals surface area (Å²) < 4.78 is 42.5. The first kappa shape index (κ1) is 35.7. The van der Waals surface area contributed by atoms with E-state index in [1.165, 1.54) is 11.1 Å². The number of hydrogen-bond acceptors (Lipinski definition) is 7. The van der Waals surface area contributed by atoms with E-state index in [2.05, 4.69) is 21.8 Å². The molecular weight excluding hydrogens is 684 g/mol. The van der Waals surface area contributed by atoms with Gasteiger partial charge >= 0.3 is 0 Å². The van der Waals surface area contributed by atoms with Crippen molar-refractivity contribution in [2.75, 3.05) is 31.7 Å². The molecular formula is C41H47ClN2O6S. The van der Waals surface area contributed by atoms with E-state index in [0.29, 0.717) is 42.5 Å². The fourth-order valence-electron chi connectivity index (χ4n) is 8.81. The topological polar surface area (TPSA) is 102 Å². The Balaban J connectivity index is 1.33. The first-order chi connectivity index (χ1) is 24.4. The first-order valence-corrected chi connectivity index (χ1v) is 20.0. The van der Waals surface area contributed by atoms with Crippen LogP contribution in [-0.4, -0.2) is 57.8 Å². The van der Waals surface area contributed by atoms with Crippen molar-refractivity contribution in [1.82, 2.24) is 4.72 Å². The molecule has 3 aromatic rings. The van der Waals surface area contributed by atoms with Gasteiger partial charge in [0.25, 0.3) is 5.91 Å². The molecule has 10 heteroatoms. The number of amides is 1. The summed E-state index contributed by atoms with van der Waals surface area (Å²) in [5.74, 6) is -0.0985. The number of hydrogen-bond donors (Lipinski definition) is 1. The Hall–Kier alpha value is -3.66. The van der Waals surface area contributed by atoms with Crippen LogP contribution in [0.4, 0.5) is 5.69 Å². The average molecular weight is 731 g/mol. The highest BCUT2D eigenvalue weighted by molar-refractivity contribution is 7.90. The standard InChI is InChI=1S/C41H47ClN2O6S/c1-27-9-7-20-41(49-3,23-37(45)29-10-5-4-6-11-29)35-16-13-32(35)24-44-25-40(19-8-12-30-21-33(42)15-17-34(30)40)26-50-38-18-14-31(22-36(38)44)39(46)43-51(47,48)28(27)2/h4-7,10-11,14-15,17-18,20-22,27-28,32,35H,8-9,12-13,16,19,23-26H2,1-3H3,(H,43,46)/b20-7-/t27-,28+,32-,35+,40-,41+/m0/s1. The Labute approximate surface area is 306 Å². The van der Waals surface area contributed by atoms with E-state index >= 15 is 0 Å². The van der Waals surface area contributed by atoms with E-state index in [1.807, 2.05) is 55.5 Å². The maximum absolute atomic E-state index is 13.9. The molecule has 1 fully saturated rings. The highest BCUT2D eigenvalue weighted by Crippen LogP contribution is 2.50. The molecule has 2 bridgehead atoms. The van der Waals surface area contributed by atoms with Crippen LogP contribution in [0.2, 0.25) is 5.02 Å². The number of benzene rings is 3. The maximum atomic E-state index is 13.9. The van der Waals surface area contributed by atoms with Gasteiger partial charge in [-0.2, -0.15) is 0 Å². The molecule has 51 heavy (non-hydrogen) atoms. The van der Waals surface area contributed by atoms with E-state index in [1.54, 1.807) is 32.2 Å². The fraction of sp³-hybridized carbons (Fsp3) is 0.463. The Kier molecular flexibility index (Phi) is 9.84. The molecule has 7 rings (SSSR count). The third-order valence-corrected chi connectivity index (χ3v) is 14.3. The quantitative estimate of drug-likeness (QED) is 0.219. The second-order valence-corrected chi connectivity index (χ2v) is 17.6. The maximum Gasteiger partial charge on any atom is 0.264 e. The van der Waals surface area contributed by atoms with Crippen LogP contribution < -0.4 is 14.4 Å². The molecule has 270 valence electrons. The molecule has 0 radical (unpaired) electrons. The Bertz CT molecular complexity index is 1950. The number of rotatable bonds is 4. The number of ketones is 1. The Morgan fingerprint density at radius 3 is 2.63 bits per heavy atom. The molecule has 6 atom stereocenters. The zero-order chi connectivity index (χ0) is 36.0. The number of halogens is 1. The second-order valence-electron chi connectivity index (χ2n) is 15.2. The third kappa shape index (κ3) is 6.85. The Morgan fingerprint density at radius 2 is 1.88 bits per heavy atom. The molecule has 0 aromatic heterocycles. The Morgan fingerprint density at radius 1 is 1.08 bits per heavy atom. The van der Waals surface area contributed by atoms with E-state index in [0.717, 1.165) is 37.8 Å². The molecule has 1 spiro atoms. The number of ether oxygens (including phenoxy) is 2. The summed E-state index contributed by atoms with van der Waals surface area (Å²) in [6.45, 7) is 5.26. The number of fused-ring (bicyclic) bond motifs is 4. The molecule has 0 saturated heterocycles. The van der Waals surface area contributed by atoms with Crippen LogP contribution in [0.1, 0.15) is 84.2 Å². The van der Waals surface area contributed by atoms with Gasteiger partial charge < -0.3 is 14.4 Å². The number of Topliss-reactive ketones (excluding diaryl/α,β-unsaturated/α-hetero) is 1. The third-order valence-electron chi connectivity index (χ3n) is 12.1. The second kappa shape index (κ2) is 14.1. The minimum atomic E-state index is -4.01. The number of methoxy groups -OCH3 is 1. The number of nitrogens with one attached hydrogen (secondary N) is 1. The molecule has 2 heterocycles. The van der Waals surface area contributed by atoms with Crippen molar-refractivity contribution in [3.05, 3.63) is 106 Å². The summed E-state index contributed by atoms with van der Waals surface area (Å²) in [6, 6.07) is 20.7. The van der Waals surface area contributed by atoms with Crippen molar-refractivity contribution in [1.29, 1.82) is 0 Å². The first-order valence-electron chi connectivity index (χ1n) is 18.1. The lowest BCUT2D eigenvalue weighted by Gasteiger charge is -2.50. The molecule has 1 N–H and O–H groups in total. The molecule has 2 aliphatic carbocycles. The highest BCUT2D eigenvalue weighted by atomic mass is 35.5. The van der Waals surface area contributed by atoms with Crippen LogP contribution in [0.15, 0.2) is 78.9 Å². The molecule has 0 unspecified atom stereocenters. The molecule has 1 saturated carbocycles. The van der Waals surface area contributed by atoms with Gasteiger partial charge in [-0.15, -0.1) is 0 Å². The molecule has 1 amide bonds. The van der Waals surface area contributed by atoms with E-state index in [4.69, 9.17) is 21.1 Å². The minimum absolute atomic E-state index is 0.00319. The van der Waals surface area contributed by atoms with Gasteiger partial charge in [0.2, 0.25) is 10.0 Å². The van der Waals surface area contributed by atoms with Crippen LogP contribution in [0, 0.1) is 17.8 Å². The van der Waals surface area contributed by atoms with Crippen molar-refractivity contribution in [2.45, 2.75) is 75.1 Å². The SMILES string of the molecule is CO[C@@]1(CC(=O)c2ccccc2)/C=C\C[C@H](C)[C@@H](C)S(=O)(=O)NC(=O)c2ccc3c(c2)N(C[C@@H]2CC[C@H]21)C[C@@]1(CCCc2cc(Cl)ccc21)CO3. The van der Waals surface area contributed by atoms with Gasteiger partial charge in [-0.25, -0.2) is 13.1 Å². The summed E-state index contributed by atoms with van der Waals surface area (Å²) in [4.78, 5) is 29.8. The van der Waals surface area contributed by atoms with Crippen molar-refractivity contribution >= 4 is 39.0 Å². The normalized spacial score (nSPS) is 30.8. The molecule has 8 nitrogen and oxygen atoms in total. The lowest BCUT2D eigenvalue weighted by molar-refractivity contribution is -0.0742. The largest absolute Gasteiger partial charge is 0.490 e. The number of nitrogens with zero attached hydrogens (tertiary/aromatic N) is 1. The predicted molar refractivity (Wildman–Crippen MR) is 200 cm³/mol. The minimum Gasteiger partial charge on any atom is -0.490 e. The zero-order valence-electron chi connectivity index (χ0n) is 29.6. The summed E-state index contributed by atoms with van der Waals surface area (Å²) in [7, 11) is -2.33. The van der Waals surface area contributed by atoms with Gasteiger partial charge in [0, 0.05) is 48.2 Å². The van der Waals surface area contributed by atoms with Crippen LogP contribution >= 0.6 is 11.6 Å². The smallest absolute Gasteiger partial charge is 0.264 e.